The van der Waals surface area contributed by atoms with Gasteiger partial charge in [0, 0.05) is 13.0 Å². The van der Waals surface area contributed by atoms with E-state index in [0.717, 1.165) is 25.7 Å². The molecule has 0 unspecified atom stereocenters. The normalized spacial score (nSPS) is 10.7. The summed E-state index contributed by atoms with van der Waals surface area (Å²) in [6.45, 7) is 3.13. The molecule has 2 rings (SSSR count). The summed E-state index contributed by atoms with van der Waals surface area (Å²) in [6, 6.07) is 0.204. The number of aryl methyl sites for hydroxylation is 1. The average Bonchev–Trinajstić information content (AvgIpc) is 2.81. The molecule has 2 aromatic heterocycles. The highest BCUT2D eigenvalue weighted by Crippen LogP contribution is 2.18. The first-order valence-electron chi connectivity index (χ1n) is 7.49. The number of fused-ring (bicyclic) bond motifs is 1. The van der Waals surface area contributed by atoms with E-state index in [9.17, 15) is 4.79 Å². The zero-order valence-electron chi connectivity index (χ0n) is 12.8. The van der Waals surface area contributed by atoms with Gasteiger partial charge >= 0.3 is 11.7 Å². The lowest BCUT2D eigenvalue weighted by molar-refractivity contribution is 0.286. The van der Waals surface area contributed by atoms with Crippen molar-refractivity contribution < 1.29 is 4.74 Å². The number of terminal acetylenes is 1. The predicted molar refractivity (Wildman–Crippen MR) is 85.6 cm³/mol. The van der Waals surface area contributed by atoms with Crippen molar-refractivity contribution in [2.45, 2.75) is 45.6 Å². The number of nitrogens with one attached hydrogen (secondary N) is 1. The number of anilines is 1. The van der Waals surface area contributed by atoms with Crippen LogP contribution in [0.15, 0.2) is 4.79 Å². The van der Waals surface area contributed by atoms with Crippen LogP contribution in [0.25, 0.3) is 11.2 Å². The zero-order chi connectivity index (χ0) is 15.9. The Balaban J connectivity index is 2.25. The molecule has 7 heteroatoms. The first kappa shape index (κ1) is 15.9. The average molecular weight is 303 g/mol. The van der Waals surface area contributed by atoms with E-state index in [-0.39, 0.29) is 17.5 Å². The maximum Gasteiger partial charge on any atom is 0.327 e. The molecule has 0 aliphatic carbocycles. The van der Waals surface area contributed by atoms with Crippen LogP contribution < -0.4 is 16.2 Å². The minimum Gasteiger partial charge on any atom is -0.463 e. The number of hydrogen-bond acceptors (Lipinski definition) is 5. The van der Waals surface area contributed by atoms with Crippen LogP contribution in [0.3, 0.4) is 0 Å². The smallest absolute Gasteiger partial charge is 0.327 e. The highest BCUT2D eigenvalue weighted by molar-refractivity contribution is 5.81. The fraction of sp³-hybridized carbons (Fsp3) is 0.533. The monoisotopic (exact) mass is 303 g/mol. The zero-order valence-corrected chi connectivity index (χ0v) is 12.8. The van der Waals surface area contributed by atoms with E-state index >= 15 is 0 Å². The molecular formula is C15H21N5O2. The van der Waals surface area contributed by atoms with E-state index in [1.165, 1.54) is 0 Å². The van der Waals surface area contributed by atoms with Crippen molar-refractivity contribution in [3.05, 3.63) is 10.5 Å². The van der Waals surface area contributed by atoms with Gasteiger partial charge in [-0.3, -0.25) is 4.57 Å². The number of nitrogens with two attached hydrogens (primary N) is 1. The van der Waals surface area contributed by atoms with E-state index in [1.54, 1.807) is 4.57 Å². The van der Waals surface area contributed by atoms with Gasteiger partial charge in [0.25, 0.3) is 0 Å². The molecule has 0 fully saturated rings. The predicted octanol–water partition coefficient (Wildman–Crippen LogP) is 1.68. The molecule has 0 amide bonds. The van der Waals surface area contributed by atoms with Crippen LogP contribution in [0.5, 0.6) is 6.01 Å². The molecule has 0 bridgehead atoms. The van der Waals surface area contributed by atoms with Crippen molar-refractivity contribution in [2.24, 2.45) is 0 Å². The fourth-order valence-electron chi connectivity index (χ4n) is 2.11. The van der Waals surface area contributed by atoms with Gasteiger partial charge in [0.1, 0.15) is 5.52 Å². The molecule has 0 aliphatic rings. The summed E-state index contributed by atoms with van der Waals surface area (Å²) in [5, 5.41) is 0. The van der Waals surface area contributed by atoms with Gasteiger partial charge in [-0.2, -0.15) is 9.97 Å². The molecular weight excluding hydrogens is 282 g/mol. The standard InChI is InChI=1S/C15H21N5O2/c1-3-5-7-8-9-20-13-11(17-15(20)21)12(16)18-14(19-13)22-10-6-4-2/h1H,4-10H2,2H3,(H,17,21)(H2,16,18,19). The van der Waals surface area contributed by atoms with Gasteiger partial charge in [0.05, 0.1) is 6.61 Å². The maximum absolute atomic E-state index is 12.0. The van der Waals surface area contributed by atoms with Crippen LogP contribution in [0.1, 0.15) is 39.0 Å². The van der Waals surface area contributed by atoms with Crippen molar-refractivity contribution in [3.8, 4) is 18.4 Å². The summed E-state index contributed by atoms with van der Waals surface area (Å²) in [6.07, 6.45) is 9.50. The van der Waals surface area contributed by atoms with Gasteiger partial charge in [-0.05, 0) is 19.3 Å². The quantitative estimate of drug-likeness (QED) is 0.571. The Morgan fingerprint density at radius 2 is 2.18 bits per heavy atom. The highest BCUT2D eigenvalue weighted by atomic mass is 16.5. The molecule has 3 N–H and O–H groups in total. The van der Waals surface area contributed by atoms with Gasteiger partial charge in [-0.15, -0.1) is 12.3 Å². The lowest BCUT2D eigenvalue weighted by atomic mass is 10.2. The lowest BCUT2D eigenvalue weighted by Gasteiger charge is -2.06. The second-order valence-electron chi connectivity index (χ2n) is 5.04. The van der Waals surface area contributed by atoms with Crippen LogP contribution in [-0.2, 0) is 6.54 Å². The van der Waals surface area contributed by atoms with Crippen LogP contribution in [0, 0.1) is 12.3 Å². The van der Waals surface area contributed by atoms with Gasteiger partial charge in [-0.1, -0.05) is 13.3 Å². The molecule has 0 saturated carbocycles. The number of hydrogen-bond donors (Lipinski definition) is 2. The maximum atomic E-state index is 12.0. The number of unbranched alkanes of at least 4 members (excludes halogenated alkanes) is 3. The molecule has 118 valence electrons. The van der Waals surface area contributed by atoms with E-state index in [1.807, 2.05) is 0 Å². The minimum atomic E-state index is -0.248. The molecule has 0 atom stereocenters. The minimum absolute atomic E-state index is 0.204. The number of rotatable bonds is 8. The number of nitrogen functional groups attached to an aromatic ring is 1. The molecule has 2 aromatic rings. The summed E-state index contributed by atoms with van der Waals surface area (Å²) in [4.78, 5) is 23.1. The third kappa shape index (κ3) is 3.58. The first-order valence-corrected chi connectivity index (χ1v) is 7.49. The van der Waals surface area contributed by atoms with Gasteiger partial charge < -0.3 is 15.5 Å². The number of nitrogens with zero attached hydrogens (tertiary/aromatic N) is 3. The van der Waals surface area contributed by atoms with Crippen LogP contribution >= 0.6 is 0 Å². The van der Waals surface area contributed by atoms with Crippen LogP contribution in [-0.4, -0.2) is 26.1 Å². The lowest BCUT2D eigenvalue weighted by Crippen LogP contribution is -2.17. The molecule has 0 spiro atoms. The Bertz CT molecular complexity index is 726. The largest absolute Gasteiger partial charge is 0.463 e. The summed E-state index contributed by atoms with van der Waals surface area (Å²) < 4.78 is 7.04. The van der Waals surface area contributed by atoms with E-state index < -0.39 is 0 Å². The topological polar surface area (TPSA) is 98.8 Å². The van der Waals surface area contributed by atoms with Crippen molar-refractivity contribution >= 4 is 17.0 Å². The van der Waals surface area contributed by atoms with E-state index in [4.69, 9.17) is 16.9 Å². The van der Waals surface area contributed by atoms with Crippen molar-refractivity contribution in [1.82, 2.24) is 19.5 Å². The summed E-state index contributed by atoms with van der Waals surface area (Å²) in [5.41, 5.74) is 6.56. The van der Waals surface area contributed by atoms with Crippen molar-refractivity contribution in [3.63, 3.8) is 0 Å². The number of aromatic amines is 1. The molecule has 0 aromatic carbocycles. The number of H-pyrrole nitrogens is 1. The molecule has 7 nitrogen and oxygen atoms in total. The summed E-state index contributed by atoms with van der Waals surface area (Å²) >= 11 is 0. The van der Waals surface area contributed by atoms with Crippen molar-refractivity contribution in [2.75, 3.05) is 12.3 Å². The molecule has 0 radical (unpaired) electrons. The van der Waals surface area contributed by atoms with Gasteiger partial charge in [-0.25, -0.2) is 4.79 Å². The Morgan fingerprint density at radius 3 is 2.91 bits per heavy atom. The van der Waals surface area contributed by atoms with Gasteiger partial charge in [0.2, 0.25) is 0 Å². The Labute approximate surface area is 128 Å². The first-order chi connectivity index (χ1) is 10.7. The third-order valence-corrected chi connectivity index (χ3v) is 3.31. The van der Waals surface area contributed by atoms with Gasteiger partial charge in [0.15, 0.2) is 11.5 Å². The second kappa shape index (κ2) is 7.50. The molecule has 2 heterocycles. The number of ether oxygens (including phenoxy) is 1. The molecule has 22 heavy (non-hydrogen) atoms. The molecule has 0 aliphatic heterocycles. The molecule has 0 saturated heterocycles. The number of imidazole rings is 1. The Hall–Kier alpha value is -2.49. The van der Waals surface area contributed by atoms with E-state index in [2.05, 4.69) is 27.8 Å². The van der Waals surface area contributed by atoms with E-state index in [0.29, 0.717) is 30.7 Å². The summed E-state index contributed by atoms with van der Waals surface area (Å²) in [7, 11) is 0. The Morgan fingerprint density at radius 1 is 1.36 bits per heavy atom. The highest BCUT2D eigenvalue weighted by Gasteiger charge is 2.14. The fourth-order valence-corrected chi connectivity index (χ4v) is 2.11. The third-order valence-electron chi connectivity index (χ3n) is 3.31. The second-order valence-corrected chi connectivity index (χ2v) is 5.04. The van der Waals surface area contributed by atoms with Crippen LogP contribution in [0.2, 0.25) is 0 Å². The van der Waals surface area contributed by atoms with Crippen molar-refractivity contribution in [1.29, 1.82) is 0 Å². The SMILES string of the molecule is C#CCCCCn1c(=O)[nH]c2c(N)nc(OCCCC)nc21. The Kier molecular flexibility index (Phi) is 5.42. The number of aromatic nitrogens is 4. The summed E-state index contributed by atoms with van der Waals surface area (Å²) in [5.74, 6) is 2.80. The van der Waals surface area contributed by atoms with Crippen LogP contribution in [0.4, 0.5) is 5.82 Å².